The molecule has 110 valence electrons. The van der Waals surface area contributed by atoms with Gasteiger partial charge in [0.05, 0.1) is 11.1 Å². The lowest BCUT2D eigenvalue weighted by Gasteiger charge is -2.18. The first-order valence-corrected chi connectivity index (χ1v) is 7.15. The summed E-state index contributed by atoms with van der Waals surface area (Å²) in [6, 6.07) is 3.16. The van der Waals surface area contributed by atoms with E-state index in [1.54, 1.807) is 4.90 Å². The van der Waals surface area contributed by atoms with Gasteiger partial charge in [0.2, 0.25) is 0 Å². The summed E-state index contributed by atoms with van der Waals surface area (Å²) in [6.07, 6.45) is -4.44. The summed E-state index contributed by atoms with van der Waals surface area (Å²) in [5, 5.41) is 0. The van der Waals surface area contributed by atoms with Crippen molar-refractivity contribution in [3.05, 3.63) is 33.8 Å². The van der Waals surface area contributed by atoms with Crippen LogP contribution in [0.3, 0.4) is 0 Å². The van der Waals surface area contributed by atoms with Crippen molar-refractivity contribution in [2.75, 3.05) is 13.1 Å². The maximum atomic E-state index is 12.7. The second kappa shape index (κ2) is 5.39. The largest absolute Gasteiger partial charge is 0.416 e. The maximum absolute atomic E-state index is 12.7. The Morgan fingerprint density at radius 2 is 1.80 bits per heavy atom. The van der Waals surface area contributed by atoms with Crippen LogP contribution in [-0.4, -0.2) is 23.9 Å². The molecule has 1 aliphatic heterocycles. The summed E-state index contributed by atoms with van der Waals surface area (Å²) in [4.78, 5) is 14.0. The van der Waals surface area contributed by atoms with E-state index in [4.69, 9.17) is 0 Å². The molecule has 1 aliphatic rings. The third-order valence-corrected chi connectivity index (χ3v) is 4.49. The van der Waals surface area contributed by atoms with Gasteiger partial charge >= 0.3 is 6.18 Å². The van der Waals surface area contributed by atoms with E-state index in [0.29, 0.717) is 29.4 Å². The molecule has 0 radical (unpaired) electrons. The molecule has 0 aliphatic carbocycles. The lowest BCUT2D eigenvalue weighted by Crippen LogP contribution is -2.29. The summed E-state index contributed by atoms with van der Waals surface area (Å²) in [6.45, 7) is 5.25. The summed E-state index contributed by atoms with van der Waals surface area (Å²) in [5.41, 5.74) is -0.731. The standard InChI is InChI=1S/C14H15BrF3NO/c1-8-6-19(7-9(8)2)13(20)11-5-10(14(16,17)18)3-4-12(11)15/h3-5,8-9H,6-7H2,1-2H3. The van der Waals surface area contributed by atoms with E-state index < -0.39 is 11.7 Å². The summed E-state index contributed by atoms with van der Waals surface area (Å²) >= 11 is 3.16. The number of nitrogens with zero attached hydrogens (tertiary/aromatic N) is 1. The van der Waals surface area contributed by atoms with Crippen LogP contribution in [0.25, 0.3) is 0 Å². The van der Waals surface area contributed by atoms with Crippen LogP contribution >= 0.6 is 15.9 Å². The molecule has 2 rings (SSSR count). The Kier molecular flexibility index (Phi) is 4.14. The van der Waals surface area contributed by atoms with Crippen LogP contribution in [0.1, 0.15) is 29.8 Å². The fourth-order valence-electron chi connectivity index (χ4n) is 2.33. The predicted octanol–water partition coefficient (Wildman–Crippen LogP) is 4.20. The third-order valence-electron chi connectivity index (χ3n) is 3.80. The minimum absolute atomic E-state index is 0.0705. The molecule has 2 atom stereocenters. The summed E-state index contributed by atoms with van der Waals surface area (Å²) < 4.78 is 38.6. The van der Waals surface area contributed by atoms with Gasteiger partial charge in [0.25, 0.3) is 5.91 Å². The van der Waals surface area contributed by atoms with Gasteiger partial charge in [-0.3, -0.25) is 4.79 Å². The van der Waals surface area contributed by atoms with Gasteiger partial charge in [-0.05, 0) is 46.0 Å². The smallest absolute Gasteiger partial charge is 0.338 e. The molecule has 1 amide bonds. The normalized spacial score (nSPS) is 23.2. The Balaban J connectivity index is 2.30. The first-order chi connectivity index (χ1) is 9.20. The second-order valence-corrected chi connectivity index (χ2v) is 6.21. The van der Waals surface area contributed by atoms with Crippen molar-refractivity contribution in [3.8, 4) is 0 Å². The molecule has 0 spiro atoms. The van der Waals surface area contributed by atoms with Crippen molar-refractivity contribution in [1.29, 1.82) is 0 Å². The van der Waals surface area contributed by atoms with E-state index in [9.17, 15) is 18.0 Å². The van der Waals surface area contributed by atoms with Crippen LogP contribution in [-0.2, 0) is 6.18 Å². The molecule has 0 aromatic heterocycles. The summed E-state index contributed by atoms with van der Waals surface area (Å²) in [5.74, 6) is 0.381. The molecule has 0 bridgehead atoms. The average Bonchev–Trinajstić information content (AvgIpc) is 2.68. The first-order valence-electron chi connectivity index (χ1n) is 6.36. The van der Waals surface area contributed by atoms with Crippen molar-refractivity contribution in [2.24, 2.45) is 11.8 Å². The zero-order valence-electron chi connectivity index (χ0n) is 11.2. The average molecular weight is 350 g/mol. The molecule has 0 saturated carbocycles. The lowest BCUT2D eigenvalue weighted by molar-refractivity contribution is -0.137. The zero-order chi connectivity index (χ0) is 15.1. The Labute approximate surface area is 124 Å². The van der Waals surface area contributed by atoms with Gasteiger partial charge in [-0.2, -0.15) is 13.2 Å². The molecule has 1 aromatic carbocycles. The highest BCUT2D eigenvalue weighted by molar-refractivity contribution is 9.10. The molecule has 2 nitrogen and oxygen atoms in total. The highest BCUT2D eigenvalue weighted by Gasteiger charge is 2.34. The number of rotatable bonds is 1. The number of alkyl halides is 3. The monoisotopic (exact) mass is 349 g/mol. The van der Waals surface area contributed by atoms with Gasteiger partial charge in [0, 0.05) is 17.6 Å². The molecule has 1 aromatic rings. The van der Waals surface area contributed by atoms with Crippen molar-refractivity contribution >= 4 is 21.8 Å². The SMILES string of the molecule is CC1CN(C(=O)c2cc(C(F)(F)F)ccc2Br)CC1C. The van der Waals surface area contributed by atoms with Crippen molar-refractivity contribution in [2.45, 2.75) is 20.0 Å². The van der Waals surface area contributed by atoms with E-state index in [0.717, 1.165) is 12.1 Å². The Bertz CT molecular complexity index is 520. The van der Waals surface area contributed by atoms with Crippen LogP contribution in [0.5, 0.6) is 0 Å². The van der Waals surface area contributed by atoms with E-state index in [2.05, 4.69) is 15.9 Å². The fraction of sp³-hybridized carbons (Fsp3) is 0.500. The maximum Gasteiger partial charge on any atom is 0.416 e. The molecular formula is C14H15BrF3NO. The van der Waals surface area contributed by atoms with Crippen LogP contribution in [0.15, 0.2) is 22.7 Å². The minimum atomic E-state index is -4.44. The van der Waals surface area contributed by atoms with Gasteiger partial charge < -0.3 is 4.90 Å². The van der Waals surface area contributed by atoms with Crippen LogP contribution in [0, 0.1) is 11.8 Å². The van der Waals surface area contributed by atoms with Gasteiger partial charge in [-0.1, -0.05) is 13.8 Å². The van der Waals surface area contributed by atoms with Crippen LogP contribution in [0.4, 0.5) is 13.2 Å². The second-order valence-electron chi connectivity index (χ2n) is 5.36. The number of carbonyl (C=O) groups is 1. The van der Waals surface area contributed by atoms with Crippen molar-refractivity contribution in [1.82, 2.24) is 4.90 Å². The lowest BCUT2D eigenvalue weighted by atomic mass is 10.0. The Hall–Kier alpha value is -1.04. The van der Waals surface area contributed by atoms with Gasteiger partial charge in [-0.15, -0.1) is 0 Å². The Morgan fingerprint density at radius 3 is 2.30 bits per heavy atom. The molecular weight excluding hydrogens is 335 g/mol. The number of benzene rings is 1. The highest BCUT2D eigenvalue weighted by Crippen LogP contribution is 2.33. The van der Waals surface area contributed by atoms with E-state index in [-0.39, 0.29) is 11.5 Å². The molecule has 1 fully saturated rings. The third kappa shape index (κ3) is 3.00. The number of amides is 1. The van der Waals surface area contributed by atoms with E-state index in [1.807, 2.05) is 13.8 Å². The predicted molar refractivity (Wildman–Crippen MR) is 73.4 cm³/mol. The number of carbonyl (C=O) groups excluding carboxylic acids is 1. The summed E-state index contributed by atoms with van der Waals surface area (Å²) in [7, 11) is 0. The fourth-order valence-corrected chi connectivity index (χ4v) is 2.75. The van der Waals surface area contributed by atoms with Crippen LogP contribution < -0.4 is 0 Å². The molecule has 0 N–H and O–H groups in total. The zero-order valence-corrected chi connectivity index (χ0v) is 12.8. The number of likely N-dealkylation sites (tertiary alicyclic amines) is 1. The Morgan fingerprint density at radius 1 is 1.25 bits per heavy atom. The number of hydrogen-bond acceptors (Lipinski definition) is 1. The van der Waals surface area contributed by atoms with Crippen molar-refractivity contribution in [3.63, 3.8) is 0 Å². The molecule has 2 unspecified atom stereocenters. The van der Waals surface area contributed by atoms with E-state index in [1.165, 1.54) is 6.07 Å². The van der Waals surface area contributed by atoms with Gasteiger partial charge in [0.1, 0.15) is 0 Å². The first kappa shape index (κ1) is 15.4. The molecule has 1 saturated heterocycles. The van der Waals surface area contributed by atoms with Crippen molar-refractivity contribution < 1.29 is 18.0 Å². The van der Waals surface area contributed by atoms with E-state index >= 15 is 0 Å². The van der Waals surface area contributed by atoms with Gasteiger partial charge in [0.15, 0.2) is 0 Å². The molecule has 20 heavy (non-hydrogen) atoms. The highest BCUT2D eigenvalue weighted by atomic mass is 79.9. The number of halogens is 4. The topological polar surface area (TPSA) is 20.3 Å². The minimum Gasteiger partial charge on any atom is -0.338 e. The van der Waals surface area contributed by atoms with Crippen LogP contribution in [0.2, 0.25) is 0 Å². The van der Waals surface area contributed by atoms with Gasteiger partial charge in [-0.25, -0.2) is 0 Å². The number of hydrogen-bond donors (Lipinski definition) is 0. The molecule has 1 heterocycles. The molecule has 6 heteroatoms. The quantitative estimate of drug-likeness (QED) is 0.744.